The number of thiazole rings is 1. The molecule has 148 valence electrons. The summed E-state index contributed by atoms with van der Waals surface area (Å²) >= 11 is 1.19. The van der Waals surface area contributed by atoms with Crippen molar-refractivity contribution in [3.05, 3.63) is 77.3 Å². The number of aromatic nitrogens is 2. The Morgan fingerprint density at radius 2 is 1.93 bits per heavy atom. The van der Waals surface area contributed by atoms with Crippen molar-refractivity contribution >= 4 is 40.0 Å². The highest BCUT2D eigenvalue weighted by atomic mass is 32.1. The highest BCUT2D eigenvalue weighted by molar-refractivity contribution is 7.14. The van der Waals surface area contributed by atoms with Gasteiger partial charge in [0.1, 0.15) is 5.82 Å². The molecule has 0 saturated carbocycles. The van der Waals surface area contributed by atoms with Gasteiger partial charge in [0, 0.05) is 30.8 Å². The van der Waals surface area contributed by atoms with Gasteiger partial charge in [-0.2, -0.15) is 0 Å². The molecule has 0 spiro atoms. The zero-order valence-corrected chi connectivity index (χ0v) is 16.7. The Hall–Kier alpha value is -3.39. The van der Waals surface area contributed by atoms with E-state index in [0.717, 1.165) is 5.56 Å². The van der Waals surface area contributed by atoms with E-state index in [1.54, 1.807) is 36.0 Å². The zero-order valence-electron chi connectivity index (χ0n) is 15.9. The smallest absolute Gasteiger partial charge is 0.244 e. The van der Waals surface area contributed by atoms with Crippen molar-refractivity contribution in [2.75, 3.05) is 4.90 Å². The zero-order chi connectivity index (χ0) is 20.8. The van der Waals surface area contributed by atoms with Gasteiger partial charge in [0.2, 0.25) is 11.8 Å². The molecule has 0 aliphatic heterocycles. The van der Waals surface area contributed by atoms with E-state index in [9.17, 15) is 14.0 Å². The van der Waals surface area contributed by atoms with Crippen LogP contribution in [0.3, 0.4) is 0 Å². The summed E-state index contributed by atoms with van der Waals surface area (Å²) in [7, 11) is 0. The van der Waals surface area contributed by atoms with Crippen molar-refractivity contribution in [3.8, 4) is 0 Å². The van der Waals surface area contributed by atoms with Crippen molar-refractivity contribution in [3.63, 3.8) is 0 Å². The molecule has 0 fully saturated rings. The Morgan fingerprint density at radius 1 is 1.21 bits per heavy atom. The second-order valence-electron chi connectivity index (χ2n) is 6.20. The van der Waals surface area contributed by atoms with Crippen LogP contribution in [-0.2, 0) is 9.59 Å². The van der Waals surface area contributed by atoms with Gasteiger partial charge in [-0.05, 0) is 42.8 Å². The van der Waals surface area contributed by atoms with Gasteiger partial charge in [0.05, 0.1) is 17.4 Å². The number of nitrogens with zero attached hydrogens (tertiary/aromatic N) is 3. The van der Waals surface area contributed by atoms with Crippen LogP contribution in [0.5, 0.6) is 0 Å². The molecule has 29 heavy (non-hydrogen) atoms. The number of nitrogens with one attached hydrogen (secondary N) is 1. The quantitative estimate of drug-likeness (QED) is 0.617. The number of amides is 2. The third-order valence-corrected chi connectivity index (χ3v) is 4.92. The van der Waals surface area contributed by atoms with E-state index in [0.29, 0.717) is 10.8 Å². The SMILES string of the molecule is CC(=O)N(c1nc(C=CC(=O)NC(C)c2ccncc2)cs1)c1ccccc1F. The Balaban J connectivity index is 1.71. The Bertz CT molecular complexity index is 1040. The first-order chi connectivity index (χ1) is 14.0. The number of benzene rings is 1. The molecule has 0 saturated heterocycles. The van der Waals surface area contributed by atoms with E-state index >= 15 is 0 Å². The first-order valence-electron chi connectivity index (χ1n) is 8.85. The molecule has 0 aliphatic carbocycles. The fourth-order valence-corrected chi connectivity index (χ4v) is 3.50. The predicted molar refractivity (Wildman–Crippen MR) is 111 cm³/mol. The van der Waals surface area contributed by atoms with Crippen LogP contribution in [0.25, 0.3) is 6.08 Å². The van der Waals surface area contributed by atoms with Gasteiger partial charge in [-0.3, -0.25) is 19.5 Å². The second kappa shape index (κ2) is 9.20. The number of rotatable bonds is 6. The van der Waals surface area contributed by atoms with Crippen molar-refractivity contribution in [1.29, 1.82) is 0 Å². The minimum atomic E-state index is -0.514. The maximum absolute atomic E-state index is 14.1. The summed E-state index contributed by atoms with van der Waals surface area (Å²) in [6.07, 6.45) is 6.26. The first-order valence-corrected chi connectivity index (χ1v) is 9.73. The lowest BCUT2D eigenvalue weighted by Gasteiger charge is -2.18. The minimum Gasteiger partial charge on any atom is -0.346 e. The number of pyridine rings is 1. The molecule has 0 bridgehead atoms. The topological polar surface area (TPSA) is 75.2 Å². The van der Waals surface area contributed by atoms with E-state index in [2.05, 4.69) is 15.3 Å². The summed E-state index contributed by atoms with van der Waals surface area (Å²) in [5.74, 6) is -1.15. The Labute approximate surface area is 171 Å². The number of hydrogen-bond acceptors (Lipinski definition) is 5. The average Bonchev–Trinajstić information content (AvgIpc) is 3.17. The summed E-state index contributed by atoms with van der Waals surface area (Å²) in [6, 6.07) is 9.50. The maximum atomic E-state index is 14.1. The van der Waals surface area contributed by atoms with Crippen molar-refractivity contribution in [2.45, 2.75) is 19.9 Å². The lowest BCUT2D eigenvalue weighted by atomic mass is 10.1. The molecule has 8 heteroatoms. The number of anilines is 2. The van der Waals surface area contributed by atoms with E-state index in [1.807, 2.05) is 19.1 Å². The lowest BCUT2D eigenvalue weighted by molar-refractivity contribution is -0.117. The molecule has 3 aromatic rings. The third kappa shape index (κ3) is 5.11. The van der Waals surface area contributed by atoms with Gasteiger partial charge >= 0.3 is 0 Å². The van der Waals surface area contributed by atoms with Crippen LogP contribution in [0.1, 0.15) is 31.1 Å². The van der Waals surface area contributed by atoms with Gasteiger partial charge in [-0.25, -0.2) is 9.37 Å². The highest BCUT2D eigenvalue weighted by Crippen LogP contribution is 2.30. The van der Waals surface area contributed by atoms with Crippen molar-refractivity contribution in [2.24, 2.45) is 0 Å². The van der Waals surface area contributed by atoms with Gasteiger partial charge in [0.25, 0.3) is 0 Å². The number of para-hydroxylation sites is 1. The first kappa shape index (κ1) is 20.3. The summed E-state index contributed by atoms with van der Waals surface area (Å²) < 4.78 is 14.1. The van der Waals surface area contributed by atoms with E-state index in [-0.39, 0.29) is 23.5 Å². The molecule has 2 amide bonds. The van der Waals surface area contributed by atoms with E-state index in [4.69, 9.17) is 0 Å². The van der Waals surface area contributed by atoms with Crippen LogP contribution in [0.2, 0.25) is 0 Å². The summed E-state index contributed by atoms with van der Waals surface area (Å²) in [5.41, 5.74) is 1.58. The predicted octanol–water partition coefficient (Wildman–Crippen LogP) is 4.25. The van der Waals surface area contributed by atoms with Gasteiger partial charge in [-0.1, -0.05) is 12.1 Å². The Morgan fingerprint density at radius 3 is 2.62 bits per heavy atom. The monoisotopic (exact) mass is 410 g/mol. The van der Waals surface area contributed by atoms with E-state index < -0.39 is 5.82 Å². The summed E-state index contributed by atoms with van der Waals surface area (Å²) in [4.78, 5) is 33.7. The van der Waals surface area contributed by atoms with Crippen LogP contribution in [0.4, 0.5) is 15.2 Å². The molecule has 1 N–H and O–H groups in total. The van der Waals surface area contributed by atoms with Crippen LogP contribution in [-0.4, -0.2) is 21.8 Å². The standard InChI is InChI=1S/C21H19FN4O2S/c1-14(16-9-11-23-12-10-16)24-20(28)8-7-17-13-29-21(25-17)26(15(2)27)19-6-4-3-5-18(19)22/h3-14H,1-2H3,(H,24,28). The normalized spacial score (nSPS) is 12.0. The molecule has 0 radical (unpaired) electrons. The van der Waals surface area contributed by atoms with Crippen LogP contribution < -0.4 is 10.2 Å². The number of carbonyl (C=O) groups is 2. The summed E-state index contributed by atoms with van der Waals surface area (Å²) in [6.45, 7) is 3.22. The van der Waals surface area contributed by atoms with Crippen molar-refractivity contribution in [1.82, 2.24) is 15.3 Å². The highest BCUT2D eigenvalue weighted by Gasteiger charge is 2.20. The molecule has 1 atom stereocenters. The maximum Gasteiger partial charge on any atom is 0.244 e. The minimum absolute atomic E-state index is 0.133. The van der Waals surface area contributed by atoms with Gasteiger partial charge < -0.3 is 5.32 Å². The second-order valence-corrected chi connectivity index (χ2v) is 7.04. The molecule has 1 aromatic carbocycles. The molecule has 1 unspecified atom stereocenters. The van der Waals surface area contributed by atoms with Gasteiger partial charge in [0.15, 0.2) is 5.13 Å². The van der Waals surface area contributed by atoms with E-state index in [1.165, 1.54) is 41.4 Å². The molecule has 6 nitrogen and oxygen atoms in total. The average molecular weight is 410 g/mol. The molecular formula is C21H19FN4O2S. The number of carbonyl (C=O) groups excluding carboxylic acids is 2. The van der Waals surface area contributed by atoms with Crippen LogP contribution in [0, 0.1) is 5.82 Å². The molecule has 2 aromatic heterocycles. The molecule has 3 rings (SSSR count). The van der Waals surface area contributed by atoms with Gasteiger partial charge in [-0.15, -0.1) is 11.3 Å². The molecule has 2 heterocycles. The Kier molecular flexibility index (Phi) is 6.46. The third-order valence-electron chi connectivity index (χ3n) is 4.08. The number of hydrogen-bond donors (Lipinski definition) is 1. The largest absolute Gasteiger partial charge is 0.346 e. The summed E-state index contributed by atoms with van der Waals surface area (Å²) in [5, 5.41) is 4.88. The molecular weight excluding hydrogens is 391 g/mol. The van der Waals surface area contributed by atoms with Crippen LogP contribution >= 0.6 is 11.3 Å². The fourth-order valence-electron chi connectivity index (χ4n) is 2.65. The van der Waals surface area contributed by atoms with Crippen LogP contribution in [0.15, 0.2) is 60.2 Å². The lowest BCUT2D eigenvalue weighted by Crippen LogP contribution is -2.24. The van der Waals surface area contributed by atoms with Crippen molar-refractivity contribution < 1.29 is 14.0 Å². The molecule has 0 aliphatic rings. The number of halogens is 1. The fraction of sp³-hybridized carbons (Fsp3) is 0.143.